The zero-order valence-electron chi connectivity index (χ0n) is 46.5. The molecule has 15 nitrogen and oxygen atoms in total. The van der Waals surface area contributed by atoms with Crippen molar-refractivity contribution in [2.24, 2.45) is 0 Å². The summed E-state index contributed by atoms with van der Waals surface area (Å²) in [6.45, 7) is 24.9. The van der Waals surface area contributed by atoms with E-state index in [4.69, 9.17) is 46.4 Å². The molecular weight excluding hydrogens is 1050 g/mol. The predicted molar refractivity (Wildman–Crippen MR) is 315 cm³/mol. The van der Waals surface area contributed by atoms with Gasteiger partial charge in [-0.25, -0.2) is 64.7 Å². The maximum absolute atomic E-state index is 14.2. The lowest BCUT2D eigenvalue weighted by Crippen LogP contribution is -2.05. The number of nitrogens with zero attached hydrogens (tertiary/aromatic N) is 15. The van der Waals surface area contributed by atoms with Gasteiger partial charge in [0.1, 0.15) is 46.6 Å². The second-order valence-corrected chi connectivity index (χ2v) is 20.7. The molecule has 83 heavy (non-hydrogen) atoms. The summed E-state index contributed by atoms with van der Waals surface area (Å²) in [5.41, 5.74) is 10.7. The van der Waals surface area contributed by atoms with Crippen molar-refractivity contribution in [3.8, 4) is 79.2 Å². The maximum Gasteiger partial charge on any atom is 0.416 e. The summed E-state index contributed by atoms with van der Waals surface area (Å²) in [6, 6.07) is 40.0. The largest absolute Gasteiger partial charge is 0.416 e. The molecule has 0 fully saturated rings. The Bertz CT molecular complexity index is 4640. The minimum Gasteiger partial charge on any atom is -0.309 e. The Balaban J connectivity index is 1.12. The number of halogens is 3. The molecule has 6 aromatic heterocycles. The zero-order chi connectivity index (χ0) is 57.7. The molecule has 0 unspecified atom stereocenters. The van der Waals surface area contributed by atoms with Gasteiger partial charge in [0.25, 0.3) is 0 Å². The van der Waals surface area contributed by atoms with Crippen LogP contribution in [-0.2, 0) is 6.18 Å². The topological polar surface area (TPSA) is 169 Å². The van der Waals surface area contributed by atoms with Crippen LogP contribution in [0.4, 0.5) is 18.9 Å². The van der Waals surface area contributed by atoms with E-state index in [9.17, 15) is 13.2 Å². The lowest BCUT2D eigenvalue weighted by molar-refractivity contribution is -0.137. The van der Waals surface area contributed by atoms with Gasteiger partial charge >= 0.3 is 6.18 Å². The molecule has 18 heteroatoms. The highest BCUT2D eigenvalue weighted by atomic mass is 19.4. The molecule has 0 saturated carbocycles. The molecule has 0 aliphatic heterocycles. The van der Waals surface area contributed by atoms with E-state index in [1.54, 1.807) is 6.92 Å². The molecule has 13 aromatic rings. The van der Waals surface area contributed by atoms with Crippen LogP contribution in [0.3, 0.4) is 0 Å². The fourth-order valence-corrected chi connectivity index (χ4v) is 11.4. The summed E-state index contributed by atoms with van der Waals surface area (Å²) in [5, 5.41) is 3.51. The Kier molecular flexibility index (Phi) is 12.3. The number of alkyl halides is 3. The summed E-state index contributed by atoms with van der Waals surface area (Å²) >= 11 is 0. The van der Waals surface area contributed by atoms with Crippen LogP contribution in [0.25, 0.3) is 128 Å². The van der Waals surface area contributed by atoms with Gasteiger partial charge in [0, 0.05) is 49.4 Å². The van der Waals surface area contributed by atoms with Crippen molar-refractivity contribution < 1.29 is 13.2 Å². The van der Waals surface area contributed by atoms with Crippen LogP contribution in [0, 0.1) is 68.9 Å². The van der Waals surface area contributed by atoms with E-state index in [1.165, 1.54) is 12.1 Å². The van der Waals surface area contributed by atoms with Gasteiger partial charge < -0.3 is 9.13 Å². The van der Waals surface area contributed by atoms with Crippen LogP contribution in [0.2, 0.25) is 0 Å². The van der Waals surface area contributed by atoms with Gasteiger partial charge in [-0.1, -0.05) is 24.3 Å². The quantitative estimate of drug-likeness (QED) is 0.132. The van der Waals surface area contributed by atoms with Crippen molar-refractivity contribution in [3.63, 3.8) is 0 Å². The third kappa shape index (κ3) is 9.31. The van der Waals surface area contributed by atoms with Crippen LogP contribution in [-0.4, -0.2) is 68.9 Å². The highest BCUT2D eigenvalue weighted by Gasteiger charge is 2.31. The van der Waals surface area contributed by atoms with Crippen LogP contribution >= 0.6 is 0 Å². The molecule has 13 rings (SSSR count). The van der Waals surface area contributed by atoms with Crippen molar-refractivity contribution in [2.75, 3.05) is 0 Å². The zero-order valence-corrected chi connectivity index (χ0v) is 46.5. The third-order valence-corrected chi connectivity index (χ3v) is 14.7. The molecule has 0 bridgehead atoms. The fraction of sp³-hybridized carbons (Fsp3) is 0.154. The van der Waals surface area contributed by atoms with Gasteiger partial charge in [-0.3, -0.25) is 0 Å². The number of fused-ring (bicyclic) bond motifs is 6. The van der Waals surface area contributed by atoms with E-state index >= 15 is 0 Å². The third-order valence-electron chi connectivity index (χ3n) is 14.7. The first-order chi connectivity index (χ1) is 39.8. The van der Waals surface area contributed by atoms with Crippen LogP contribution in [0.15, 0.2) is 127 Å². The molecule has 0 aliphatic carbocycles. The highest BCUT2D eigenvalue weighted by molar-refractivity contribution is 6.14. The van der Waals surface area contributed by atoms with Crippen molar-refractivity contribution in [1.82, 2.24) is 68.9 Å². The molecule has 0 radical (unpaired) electrons. The van der Waals surface area contributed by atoms with Crippen molar-refractivity contribution in [2.45, 2.75) is 68.5 Å². The minimum atomic E-state index is -4.54. The number of aryl methyl sites for hydroxylation is 9. The van der Waals surface area contributed by atoms with Crippen LogP contribution in [0.5, 0.6) is 0 Å². The second-order valence-electron chi connectivity index (χ2n) is 20.7. The van der Waals surface area contributed by atoms with E-state index in [0.717, 1.165) is 83.2 Å². The second kappa shape index (κ2) is 19.6. The molecule has 0 saturated heterocycles. The van der Waals surface area contributed by atoms with Crippen LogP contribution in [0.1, 0.15) is 57.7 Å². The fourth-order valence-electron chi connectivity index (χ4n) is 11.4. The van der Waals surface area contributed by atoms with E-state index in [1.807, 2.05) is 128 Å². The average Bonchev–Trinajstić information content (AvgIpc) is 2.90. The molecule has 0 atom stereocenters. The Morgan fingerprint density at radius 2 is 0.687 bits per heavy atom. The summed E-state index contributed by atoms with van der Waals surface area (Å²) in [4.78, 5) is 59.7. The molecule has 0 aliphatic rings. The number of hydrogen-bond donors (Lipinski definition) is 0. The SMILES string of the molecule is [C-]#[N+]c1ccc(-n2c3ccc(-c4nc(C)nc(C)n4)cc3c3cc(-c4nc(C)nc(C)n4)ccc32)c(-c2ccc(-c3ccc(C(F)(F)F)cc3C)cc2-n2c3ccc(-c4nc(C)nc(C)n4)cc3c3cc(-c4nc(C)nc(C)n4)ccc32)c1. The first-order valence-corrected chi connectivity index (χ1v) is 26.6. The van der Waals surface area contributed by atoms with Crippen molar-refractivity contribution >= 4 is 49.3 Å². The van der Waals surface area contributed by atoms with Gasteiger partial charge in [-0.05, 0) is 188 Å². The summed E-state index contributed by atoms with van der Waals surface area (Å²) in [7, 11) is 0. The highest BCUT2D eigenvalue weighted by Crippen LogP contribution is 2.46. The minimum absolute atomic E-state index is 0.395. The van der Waals surface area contributed by atoms with E-state index in [0.29, 0.717) is 104 Å². The number of rotatable bonds is 8. The molecule has 7 aromatic carbocycles. The predicted octanol–water partition coefficient (Wildman–Crippen LogP) is 15.0. The summed E-state index contributed by atoms with van der Waals surface area (Å²) in [5.74, 6) is 6.84. The van der Waals surface area contributed by atoms with Gasteiger partial charge in [0.05, 0.1) is 45.6 Å². The standard InChI is InChI=1S/C65H48F3N15/c1-32-25-46(65(66,67)68)16-19-48(32)41-11-18-49(60(30-41)83-57-22-14-44(63-78-37(6)72-38(7)79-63)28-52(57)53-29-45(15-23-58(53)83)64-80-39(8)73-40(9)81-64)54-31-47(69-10)17-24-59(54)82-55-20-12-42(61-74-33(2)70-34(3)75-61)26-50(55)51-27-43(13-21-56(51)82)62-76-35(4)71-36(5)77-62/h11-31H,1-9H3. The number of aromatic nitrogens is 14. The van der Waals surface area contributed by atoms with Crippen LogP contribution < -0.4 is 0 Å². The van der Waals surface area contributed by atoms with Gasteiger partial charge in [0.2, 0.25) is 0 Å². The maximum atomic E-state index is 14.2. The first kappa shape index (κ1) is 51.9. The number of hydrogen-bond acceptors (Lipinski definition) is 12. The Labute approximate surface area is 473 Å². The van der Waals surface area contributed by atoms with Gasteiger partial charge in [-0.2, -0.15) is 13.2 Å². The first-order valence-electron chi connectivity index (χ1n) is 26.6. The van der Waals surface area contributed by atoms with E-state index < -0.39 is 11.7 Å². The molecule has 404 valence electrons. The lowest BCUT2D eigenvalue weighted by atomic mass is 9.93. The van der Waals surface area contributed by atoms with Crippen molar-refractivity contribution in [3.05, 3.63) is 197 Å². The summed E-state index contributed by atoms with van der Waals surface area (Å²) < 4.78 is 47.1. The Morgan fingerprint density at radius 3 is 1.04 bits per heavy atom. The van der Waals surface area contributed by atoms with E-state index in [2.05, 4.69) is 70.3 Å². The molecular formula is C65H48F3N15. The smallest absolute Gasteiger partial charge is 0.309 e. The molecule has 6 heterocycles. The van der Waals surface area contributed by atoms with Gasteiger partial charge in [-0.15, -0.1) is 0 Å². The summed E-state index contributed by atoms with van der Waals surface area (Å²) in [6.07, 6.45) is -4.54. The molecule has 0 amide bonds. The monoisotopic (exact) mass is 1100 g/mol. The van der Waals surface area contributed by atoms with Crippen molar-refractivity contribution in [1.29, 1.82) is 0 Å². The lowest BCUT2D eigenvalue weighted by Gasteiger charge is -2.21. The van der Waals surface area contributed by atoms with E-state index in [-0.39, 0.29) is 0 Å². The number of benzene rings is 7. The average molecular weight is 1100 g/mol. The Morgan fingerprint density at radius 1 is 0.337 bits per heavy atom. The van der Waals surface area contributed by atoms with Gasteiger partial charge in [0.15, 0.2) is 29.0 Å². The molecule has 0 spiro atoms. The molecule has 0 N–H and O–H groups in total. The normalized spacial score (nSPS) is 11.8. The Hall–Kier alpha value is -10.5.